The summed E-state index contributed by atoms with van der Waals surface area (Å²) in [7, 11) is 0. The first-order valence-electron chi connectivity index (χ1n) is 7.97. The molecule has 0 radical (unpaired) electrons. The minimum atomic E-state index is -0.390. The molecule has 25 heavy (non-hydrogen) atoms. The summed E-state index contributed by atoms with van der Waals surface area (Å²) in [5.41, 5.74) is 3.89. The van der Waals surface area contributed by atoms with Gasteiger partial charge in [0.05, 0.1) is 5.75 Å². The molecule has 1 amide bonds. The maximum Gasteiger partial charge on any atom is 0.336 e. The van der Waals surface area contributed by atoms with Crippen LogP contribution in [0.25, 0.3) is 11.0 Å². The van der Waals surface area contributed by atoms with E-state index in [1.165, 1.54) is 23.4 Å². The van der Waals surface area contributed by atoms with Crippen LogP contribution < -0.4 is 10.9 Å². The molecule has 1 aromatic heterocycles. The third-order valence-electron chi connectivity index (χ3n) is 3.94. The van der Waals surface area contributed by atoms with Crippen LogP contribution in [0, 0.1) is 20.8 Å². The van der Waals surface area contributed by atoms with Gasteiger partial charge in [-0.15, -0.1) is 11.8 Å². The van der Waals surface area contributed by atoms with Crippen molar-refractivity contribution in [3.8, 4) is 0 Å². The summed E-state index contributed by atoms with van der Waals surface area (Å²) >= 11 is 1.51. The molecule has 3 rings (SSSR count). The minimum absolute atomic E-state index is 0.0970. The van der Waals surface area contributed by atoms with Crippen molar-refractivity contribution in [1.29, 1.82) is 0 Å². The number of fused-ring (bicyclic) bond motifs is 1. The van der Waals surface area contributed by atoms with Crippen LogP contribution in [0.2, 0.25) is 0 Å². The van der Waals surface area contributed by atoms with E-state index in [0.29, 0.717) is 17.0 Å². The molecule has 2 aromatic carbocycles. The fourth-order valence-corrected chi connectivity index (χ4v) is 3.53. The first kappa shape index (κ1) is 17.3. The van der Waals surface area contributed by atoms with E-state index in [4.69, 9.17) is 4.42 Å². The lowest BCUT2D eigenvalue weighted by atomic mass is 10.1. The molecule has 0 fully saturated rings. The van der Waals surface area contributed by atoms with Crippen molar-refractivity contribution in [2.24, 2.45) is 0 Å². The summed E-state index contributed by atoms with van der Waals surface area (Å²) in [6.07, 6.45) is 0. The molecule has 0 atom stereocenters. The van der Waals surface area contributed by atoms with E-state index < -0.39 is 0 Å². The fourth-order valence-electron chi connectivity index (χ4n) is 2.61. The predicted octanol–water partition coefficient (Wildman–Crippen LogP) is 4.45. The quantitative estimate of drug-likeness (QED) is 0.556. The SMILES string of the molecule is Cc1ccc(C)c(SCC(=O)Nc2ccc3c(C)cc(=O)oc3c2)c1. The third kappa shape index (κ3) is 4.12. The number of anilines is 1. The highest BCUT2D eigenvalue weighted by atomic mass is 32.2. The zero-order chi connectivity index (χ0) is 18.0. The Balaban J connectivity index is 1.71. The molecule has 0 unspecified atom stereocenters. The maximum atomic E-state index is 12.2. The molecule has 0 spiro atoms. The predicted molar refractivity (Wildman–Crippen MR) is 102 cm³/mol. The van der Waals surface area contributed by atoms with Crippen LogP contribution in [0.4, 0.5) is 5.69 Å². The van der Waals surface area contributed by atoms with Gasteiger partial charge in [-0.3, -0.25) is 4.79 Å². The molecule has 0 saturated carbocycles. The van der Waals surface area contributed by atoms with Gasteiger partial charge in [0.15, 0.2) is 0 Å². The number of amides is 1. The molecular formula is C20H19NO3S. The van der Waals surface area contributed by atoms with E-state index in [-0.39, 0.29) is 11.5 Å². The number of benzene rings is 2. The first-order chi connectivity index (χ1) is 11.9. The van der Waals surface area contributed by atoms with Crippen LogP contribution in [0.5, 0.6) is 0 Å². The van der Waals surface area contributed by atoms with Crippen molar-refractivity contribution in [1.82, 2.24) is 0 Å². The van der Waals surface area contributed by atoms with E-state index in [0.717, 1.165) is 21.4 Å². The second kappa shape index (κ2) is 7.15. The van der Waals surface area contributed by atoms with Gasteiger partial charge in [0.25, 0.3) is 0 Å². The fraction of sp³-hybridized carbons (Fsp3) is 0.200. The van der Waals surface area contributed by atoms with Gasteiger partial charge < -0.3 is 9.73 Å². The molecule has 0 aliphatic heterocycles. The number of carbonyl (C=O) groups is 1. The second-order valence-corrected chi connectivity index (χ2v) is 7.08. The van der Waals surface area contributed by atoms with E-state index in [1.54, 1.807) is 6.07 Å². The summed E-state index contributed by atoms with van der Waals surface area (Å²) in [4.78, 5) is 24.8. The molecule has 0 aliphatic carbocycles. The van der Waals surface area contributed by atoms with Crippen LogP contribution in [-0.4, -0.2) is 11.7 Å². The Morgan fingerprint density at radius 1 is 1.04 bits per heavy atom. The second-order valence-electron chi connectivity index (χ2n) is 6.07. The van der Waals surface area contributed by atoms with Gasteiger partial charge >= 0.3 is 5.63 Å². The highest BCUT2D eigenvalue weighted by Gasteiger charge is 2.08. The Bertz CT molecular complexity index is 1010. The number of aryl methyl sites for hydroxylation is 3. The number of carbonyl (C=O) groups excluding carboxylic acids is 1. The first-order valence-corrected chi connectivity index (χ1v) is 8.95. The van der Waals surface area contributed by atoms with Crippen LogP contribution in [0.1, 0.15) is 16.7 Å². The molecule has 0 bridgehead atoms. The van der Waals surface area contributed by atoms with Gasteiger partial charge in [0, 0.05) is 28.1 Å². The van der Waals surface area contributed by atoms with Crippen molar-refractivity contribution in [3.63, 3.8) is 0 Å². The molecule has 4 nitrogen and oxygen atoms in total. The van der Waals surface area contributed by atoms with E-state index in [1.807, 2.05) is 32.9 Å². The van der Waals surface area contributed by atoms with Gasteiger partial charge in [0.2, 0.25) is 5.91 Å². The van der Waals surface area contributed by atoms with Crippen LogP contribution in [0.3, 0.4) is 0 Å². The smallest absolute Gasteiger partial charge is 0.336 e. The summed E-state index contributed by atoms with van der Waals surface area (Å²) < 4.78 is 5.21. The Hall–Kier alpha value is -2.53. The number of thioether (sulfide) groups is 1. The zero-order valence-corrected chi connectivity index (χ0v) is 15.2. The standard InChI is InChI=1S/C20H19NO3S/c1-12-4-5-13(2)18(8-12)25-11-19(22)21-15-6-7-16-14(3)9-20(23)24-17(16)10-15/h4-10H,11H2,1-3H3,(H,21,22). The monoisotopic (exact) mass is 353 g/mol. The average molecular weight is 353 g/mol. The maximum absolute atomic E-state index is 12.2. The Morgan fingerprint density at radius 3 is 2.64 bits per heavy atom. The topological polar surface area (TPSA) is 59.3 Å². The summed E-state index contributed by atoms with van der Waals surface area (Å²) in [5, 5.41) is 3.72. The van der Waals surface area contributed by atoms with E-state index in [9.17, 15) is 9.59 Å². The Kier molecular flexibility index (Phi) is 4.95. The molecule has 0 aliphatic rings. The van der Waals surface area contributed by atoms with Crippen molar-refractivity contribution < 1.29 is 9.21 Å². The molecule has 5 heteroatoms. The highest BCUT2D eigenvalue weighted by Crippen LogP contribution is 2.24. The molecule has 0 saturated heterocycles. The van der Waals surface area contributed by atoms with Gasteiger partial charge in [-0.05, 0) is 50.1 Å². The molecule has 1 N–H and O–H groups in total. The lowest BCUT2D eigenvalue weighted by molar-refractivity contribution is -0.113. The van der Waals surface area contributed by atoms with Gasteiger partial charge in [0.1, 0.15) is 5.58 Å². The Morgan fingerprint density at radius 2 is 1.84 bits per heavy atom. The van der Waals surface area contributed by atoms with Crippen molar-refractivity contribution in [2.75, 3.05) is 11.1 Å². The van der Waals surface area contributed by atoms with E-state index >= 15 is 0 Å². The number of nitrogens with one attached hydrogen (secondary N) is 1. The van der Waals surface area contributed by atoms with Crippen molar-refractivity contribution in [3.05, 3.63) is 69.6 Å². The minimum Gasteiger partial charge on any atom is -0.423 e. The van der Waals surface area contributed by atoms with Crippen molar-refractivity contribution in [2.45, 2.75) is 25.7 Å². The largest absolute Gasteiger partial charge is 0.423 e. The number of rotatable bonds is 4. The summed E-state index contributed by atoms with van der Waals surface area (Å²) in [5.74, 6) is 0.223. The molecule has 128 valence electrons. The van der Waals surface area contributed by atoms with Gasteiger partial charge in [-0.2, -0.15) is 0 Å². The molecule has 3 aromatic rings. The van der Waals surface area contributed by atoms with Gasteiger partial charge in [-0.25, -0.2) is 4.79 Å². The molecule has 1 heterocycles. The highest BCUT2D eigenvalue weighted by molar-refractivity contribution is 8.00. The van der Waals surface area contributed by atoms with E-state index in [2.05, 4.69) is 23.5 Å². The Labute approximate surface area is 150 Å². The zero-order valence-electron chi connectivity index (χ0n) is 14.4. The van der Waals surface area contributed by atoms with Crippen LogP contribution in [0.15, 0.2) is 56.6 Å². The lowest BCUT2D eigenvalue weighted by Crippen LogP contribution is -2.14. The number of hydrogen-bond donors (Lipinski definition) is 1. The third-order valence-corrected chi connectivity index (χ3v) is 5.09. The normalized spacial score (nSPS) is 10.8. The summed E-state index contributed by atoms with van der Waals surface area (Å²) in [6, 6.07) is 13.0. The number of hydrogen-bond acceptors (Lipinski definition) is 4. The van der Waals surface area contributed by atoms with Gasteiger partial charge in [-0.1, -0.05) is 17.7 Å². The molecular weight excluding hydrogens is 334 g/mol. The summed E-state index contributed by atoms with van der Waals surface area (Å²) in [6.45, 7) is 5.93. The van der Waals surface area contributed by atoms with Crippen molar-refractivity contribution >= 4 is 34.3 Å². The van der Waals surface area contributed by atoms with Crippen LogP contribution >= 0.6 is 11.8 Å². The van der Waals surface area contributed by atoms with Crippen LogP contribution in [-0.2, 0) is 4.79 Å². The average Bonchev–Trinajstić information content (AvgIpc) is 2.55. The lowest BCUT2D eigenvalue weighted by Gasteiger charge is -2.09.